The standard InChI is InChI=1S/C31H36FNSi/c1-2-3-4-19-34-20-17-28(18-21-34)27-12-7-24(8-13-27)5-6-25-11-16-30(31(32)22-25)29-14-9-26(23-33)10-15-29/h7-16,22,28,34H,2-6,17-21H2,1H3. The highest BCUT2D eigenvalue weighted by Crippen LogP contribution is 2.35. The number of benzene rings is 3. The predicted octanol–water partition coefficient (Wildman–Crippen LogP) is 8.44. The Morgan fingerprint density at radius 3 is 2.21 bits per heavy atom. The fourth-order valence-electron chi connectivity index (χ4n) is 5.39. The molecule has 0 saturated carbocycles. The van der Waals surface area contributed by atoms with Gasteiger partial charge >= 0.3 is 0 Å². The molecule has 1 aliphatic rings. The van der Waals surface area contributed by atoms with E-state index in [9.17, 15) is 4.39 Å². The number of hydrogen-bond donors (Lipinski definition) is 0. The predicted molar refractivity (Wildman–Crippen MR) is 143 cm³/mol. The fourth-order valence-corrected chi connectivity index (χ4v) is 8.86. The molecule has 1 saturated heterocycles. The Bertz CT molecular complexity index is 1090. The molecule has 3 heteroatoms. The molecule has 0 atom stereocenters. The minimum absolute atomic E-state index is 0.202. The molecule has 0 radical (unpaired) electrons. The first-order valence-corrected chi connectivity index (χ1v) is 15.5. The fraction of sp³-hybridized carbons (Fsp3) is 0.387. The number of aryl methyl sites for hydroxylation is 2. The van der Waals surface area contributed by atoms with Crippen molar-refractivity contribution in [3.05, 3.63) is 94.8 Å². The third-order valence-corrected chi connectivity index (χ3v) is 11.1. The maximum Gasteiger partial charge on any atom is 0.131 e. The third kappa shape index (κ3) is 6.45. The average molecular weight is 470 g/mol. The number of halogens is 1. The maximum atomic E-state index is 14.8. The van der Waals surface area contributed by atoms with Crippen molar-refractivity contribution < 1.29 is 4.39 Å². The van der Waals surface area contributed by atoms with Crippen LogP contribution in [-0.4, -0.2) is 8.80 Å². The van der Waals surface area contributed by atoms with Gasteiger partial charge in [-0.25, -0.2) is 4.39 Å². The van der Waals surface area contributed by atoms with Crippen LogP contribution in [0, 0.1) is 17.1 Å². The molecule has 1 fully saturated rings. The van der Waals surface area contributed by atoms with E-state index in [-0.39, 0.29) is 5.82 Å². The molecule has 0 spiro atoms. The van der Waals surface area contributed by atoms with Gasteiger partial charge in [0.25, 0.3) is 0 Å². The summed E-state index contributed by atoms with van der Waals surface area (Å²) in [6, 6.07) is 28.6. The Morgan fingerprint density at radius 1 is 0.882 bits per heavy atom. The molecule has 0 bridgehead atoms. The number of hydrogen-bond acceptors (Lipinski definition) is 1. The van der Waals surface area contributed by atoms with E-state index in [1.807, 2.05) is 12.1 Å². The van der Waals surface area contributed by atoms with E-state index in [0.717, 1.165) is 29.9 Å². The SMILES string of the molecule is CCCCC[SiH]1CCC(c2ccc(CCc3ccc(-c4ccc(C#N)cc4)c(F)c3)cc2)CC1. The van der Waals surface area contributed by atoms with E-state index >= 15 is 0 Å². The summed E-state index contributed by atoms with van der Waals surface area (Å²) in [5, 5.41) is 8.94. The van der Waals surface area contributed by atoms with Crippen LogP contribution in [0.1, 0.15) is 67.2 Å². The largest absolute Gasteiger partial charge is 0.206 e. The van der Waals surface area contributed by atoms with E-state index in [1.54, 1.807) is 36.4 Å². The van der Waals surface area contributed by atoms with Gasteiger partial charge in [0.1, 0.15) is 5.82 Å². The Kier molecular flexibility index (Phi) is 8.71. The van der Waals surface area contributed by atoms with E-state index in [0.29, 0.717) is 11.1 Å². The Labute approximate surface area is 206 Å². The van der Waals surface area contributed by atoms with Crippen molar-refractivity contribution in [3.63, 3.8) is 0 Å². The van der Waals surface area contributed by atoms with Gasteiger partial charge < -0.3 is 0 Å². The lowest BCUT2D eigenvalue weighted by molar-refractivity contribution is 0.603. The van der Waals surface area contributed by atoms with E-state index in [1.165, 1.54) is 55.3 Å². The van der Waals surface area contributed by atoms with Crippen molar-refractivity contribution in [1.29, 1.82) is 5.26 Å². The van der Waals surface area contributed by atoms with Crippen molar-refractivity contribution in [2.75, 3.05) is 0 Å². The normalized spacial score (nSPS) is 17.9. The Morgan fingerprint density at radius 2 is 1.56 bits per heavy atom. The molecule has 0 amide bonds. The van der Waals surface area contributed by atoms with Crippen LogP contribution in [0.4, 0.5) is 4.39 Å². The summed E-state index contributed by atoms with van der Waals surface area (Å²) in [6.45, 7) is 2.30. The molecule has 34 heavy (non-hydrogen) atoms. The molecular weight excluding hydrogens is 433 g/mol. The van der Waals surface area contributed by atoms with Gasteiger partial charge in [0.2, 0.25) is 0 Å². The van der Waals surface area contributed by atoms with Crippen molar-refractivity contribution in [3.8, 4) is 17.2 Å². The van der Waals surface area contributed by atoms with Gasteiger partial charge in [-0.2, -0.15) is 5.26 Å². The summed E-state index contributed by atoms with van der Waals surface area (Å²) in [6.07, 6.45) is 8.78. The molecule has 3 aromatic carbocycles. The van der Waals surface area contributed by atoms with Crippen LogP contribution in [0.3, 0.4) is 0 Å². The van der Waals surface area contributed by atoms with Crippen molar-refractivity contribution >= 4 is 8.80 Å². The second-order valence-corrected chi connectivity index (χ2v) is 13.4. The van der Waals surface area contributed by atoms with Crippen molar-refractivity contribution in [2.24, 2.45) is 0 Å². The van der Waals surface area contributed by atoms with Gasteiger partial charge in [-0.3, -0.25) is 0 Å². The third-order valence-electron chi connectivity index (χ3n) is 7.57. The molecule has 0 aliphatic carbocycles. The first-order valence-electron chi connectivity index (χ1n) is 13.0. The maximum absolute atomic E-state index is 14.8. The summed E-state index contributed by atoms with van der Waals surface area (Å²) in [7, 11) is -0.451. The number of nitriles is 1. The van der Waals surface area contributed by atoms with Crippen LogP contribution < -0.4 is 0 Å². The molecule has 1 aliphatic heterocycles. The van der Waals surface area contributed by atoms with Gasteiger partial charge in [-0.05, 0) is 72.1 Å². The van der Waals surface area contributed by atoms with Gasteiger partial charge in [0, 0.05) is 14.4 Å². The minimum atomic E-state index is -0.451. The second kappa shape index (κ2) is 12.1. The highest BCUT2D eigenvalue weighted by atomic mass is 28.3. The summed E-state index contributed by atoms with van der Waals surface area (Å²) in [4.78, 5) is 0. The zero-order valence-corrected chi connectivity index (χ0v) is 21.6. The summed E-state index contributed by atoms with van der Waals surface area (Å²) >= 11 is 0. The first kappa shape index (κ1) is 24.4. The van der Waals surface area contributed by atoms with Crippen LogP contribution in [0.25, 0.3) is 11.1 Å². The van der Waals surface area contributed by atoms with Gasteiger partial charge in [-0.15, -0.1) is 0 Å². The molecule has 3 aromatic rings. The zero-order chi connectivity index (χ0) is 23.8. The minimum Gasteiger partial charge on any atom is -0.206 e. The molecule has 0 unspecified atom stereocenters. The molecular formula is C31H36FNSi. The number of rotatable bonds is 9. The van der Waals surface area contributed by atoms with Crippen LogP contribution in [0.15, 0.2) is 66.7 Å². The van der Waals surface area contributed by atoms with Crippen LogP contribution in [0.5, 0.6) is 0 Å². The van der Waals surface area contributed by atoms with E-state index in [4.69, 9.17) is 5.26 Å². The highest BCUT2D eigenvalue weighted by Gasteiger charge is 2.22. The Balaban J connectivity index is 1.29. The second-order valence-electron chi connectivity index (χ2n) is 9.96. The number of unbranched alkanes of at least 4 members (excludes halogenated alkanes) is 2. The van der Waals surface area contributed by atoms with E-state index in [2.05, 4.69) is 37.3 Å². The highest BCUT2D eigenvalue weighted by molar-refractivity contribution is 6.59. The van der Waals surface area contributed by atoms with Gasteiger partial charge in [0.05, 0.1) is 11.6 Å². The van der Waals surface area contributed by atoms with Crippen LogP contribution >= 0.6 is 0 Å². The van der Waals surface area contributed by atoms with Crippen LogP contribution in [-0.2, 0) is 12.8 Å². The topological polar surface area (TPSA) is 23.8 Å². The summed E-state index contributed by atoms with van der Waals surface area (Å²) in [5.74, 6) is 0.555. The molecule has 4 rings (SSSR count). The van der Waals surface area contributed by atoms with Gasteiger partial charge in [0.15, 0.2) is 0 Å². The van der Waals surface area contributed by atoms with Crippen molar-refractivity contribution in [1.82, 2.24) is 0 Å². The lowest BCUT2D eigenvalue weighted by atomic mass is 9.92. The van der Waals surface area contributed by atoms with Crippen LogP contribution in [0.2, 0.25) is 18.1 Å². The van der Waals surface area contributed by atoms with Crippen molar-refractivity contribution in [2.45, 2.75) is 75.9 Å². The smallest absolute Gasteiger partial charge is 0.131 e. The molecule has 0 N–H and O–H groups in total. The quantitative estimate of drug-likeness (QED) is 0.228. The van der Waals surface area contributed by atoms with Gasteiger partial charge in [-0.1, -0.05) is 92.8 Å². The molecule has 0 aromatic heterocycles. The molecule has 176 valence electrons. The lowest BCUT2D eigenvalue weighted by Gasteiger charge is -2.28. The first-order chi connectivity index (χ1) is 16.7. The van der Waals surface area contributed by atoms with E-state index < -0.39 is 8.80 Å². The number of nitrogens with zero attached hydrogens (tertiary/aromatic N) is 1. The monoisotopic (exact) mass is 469 g/mol. The zero-order valence-electron chi connectivity index (χ0n) is 20.4. The Hall–Kier alpha value is -2.70. The summed E-state index contributed by atoms with van der Waals surface area (Å²) < 4.78 is 14.8. The molecule has 1 nitrogen and oxygen atoms in total. The average Bonchev–Trinajstić information content (AvgIpc) is 2.89. The summed E-state index contributed by atoms with van der Waals surface area (Å²) in [5.41, 5.74) is 5.83. The lowest BCUT2D eigenvalue weighted by Crippen LogP contribution is -2.20. The molecule has 1 heterocycles.